The van der Waals surface area contributed by atoms with E-state index in [9.17, 15) is 14.9 Å². The Bertz CT molecular complexity index is 452. The van der Waals surface area contributed by atoms with E-state index in [2.05, 4.69) is 4.74 Å². The number of nitro benzene ring substituents is 1. The second-order valence-corrected chi connectivity index (χ2v) is 4.15. The van der Waals surface area contributed by atoms with Gasteiger partial charge in [0.1, 0.15) is 5.75 Å². The molecular formula is C12H13NO5. The number of hydrogen-bond acceptors (Lipinski definition) is 5. The van der Waals surface area contributed by atoms with Crippen LogP contribution in [-0.4, -0.2) is 24.1 Å². The number of esters is 1. The number of benzene rings is 1. The van der Waals surface area contributed by atoms with E-state index in [0.29, 0.717) is 5.75 Å². The van der Waals surface area contributed by atoms with Gasteiger partial charge < -0.3 is 9.47 Å². The molecule has 0 radical (unpaired) electrons. The normalized spacial score (nSPS) is 15.8. The number of carbonyl (C=O) groups is 1. The van der Waals surface area contributed by atoms with Gasteiger partial charge in [-0.25, -0.2) is 4.79 Å². The lowest BCUT2D eigenvalue weighted by molar-refractivity contribution is -0.384. The van der Waals surface area contributed by atoms with E-state index in [0.717, 1.165) is 12.8 Å². The first-order chi connectivity index (χ1) is 8.61. The van der Waals surface area contributed by atoms with E-state index in [-0.39, 0.29) is 11.6 Å². The maximum Gasteiger partial charge on any atom is 0.347 e. The smallest absolute Gasteiger partial charge is 0.347 e. The summed E-state index contributed by atoms with van der Waals surface area (Å²) >= 11 is 0. The number of rotatable bonds is 5. The topological polar surface area (TPSA) is 78.7 Å². The number of hydrogen-bond donors (Lipinski definition) is 0. The number of ether oxygens (including phenoxy) is 2. The van der Waals surface area contributed by atoms with Crippen LogP contribution in [0.4, 0.5) is 5.69 Å². The Balaban J connectivity index is 2.06. The number of carbonyl (C=O) groups excluding carboxylic acids is 1. The molecular weight excluding hydrogens is 238 g/mol. The number of nitrogens with zero attached hydrogens (tertiary/aromatic N) is 1. The maximum atomic E-state index is 11.5. The maximum absolute atomic E-state index is 11.5. The summed E-state index contributed by atoms with van der Waals surface area (Å²) in [7, 11) is 1.32. The fraction of sp³-hybridized carbons (Fsp3) is 0.417. The van der Waals surface area contributed by atoms with E-state index in [1.54, 1.807) is 0 Å². The zero-order valence-electron chi connectivity index (χ0n) is 9.87. The van der Waals surface area contributed by atoms with Crippen LogP contribution >= 0.6 is 0 Å². The first-order valence-electron chi connectivity index (χ1n) is 5.60. The van der Waals surface area contributed by atoms with Crippen LogP contribution < -0.4 is 4.74 Å². The van der Waals surface area contributed by atoms with Crippen LogP contribution in [0.5, 0.6) is 5.75 Å². The lowest BCUT2D eigenvalue weighted by Gasteiger charge is -2.15. The molecule has 0 saturated heterocycles. The van der Waals surface area contributed by atoms with Crippen LogP contribution in [0.2, 0.25) is 0 Å². The van der Waals surface area contributed by atoms with Crippen molar-refractivity contribution in [2.75, 3.05) is 7.11 Å². The second kappa shape index (κ2) is 5.03. The third-order valence-electron chi connectivity index (χ3n) is 2.79. The van der Waals surface area contributed by atoms with Gasteiger partial charge in [-0.15, -0.1) is 0 Å². The molecule has 1 atom stereocenters. The molecule has 1 aliphatic rings. The highest BCUT2D eigenvalue weighted by Gasteiger charge is 2.39. The second-order valence-electron chi connectivity index (χ2n) is 4.15. The van der Waals surface area contributed by atoms with Gasteiger partial charge in [-0.1, -0.05) is 0 Å². The molecule has 6 nitrogen and oxygen atoms in total. The Morgan fingerprint density at radius 2 is 2.00 bits per heavy atom. The van der Waals surface area contributed by atoms with Gasteiger partial charge in [-0.3, -0.25) is 10.1 Å². The summed E-state index contributed by atoms with van der Waals surface area (Å²) in [4.78, 5) is 21.5. The molecule has 1 aromatic carbocycles. The average molecular weight is 251 g/mol. The lowest BCUT2D eigenvalue weighted by Crippen LogP contribution is -2.30. The predicted molar refractivity (Wildman–Crippen MR) is 62.3 cm³/mol. The molecule has 2 rings (SSSR count). The highest BCUT2D eigenvalue weighted by atomic mass is 16.6. The molecule has 0 bridgehead atoms. The quantitative estimate of drug-likeness (QED) is 0.454. The Morgan fingerprint density at radius 1 is 1.39 bits per heavy atom. The van der Waals surface area contributed by atoms with Crippen molar-refractivity contribution in [1.29, 1.82) is 0 Å². The molecule has 0 N–H and O–H groups in total. The van der Waals surface area contributed by atoms with Crippen molar-refractivity contribution in [3.8, 4) is 5.75 Å². The molecule has 1 aliphatic carbocycles. The summed E-state index contributed by atoms with van der Waals surface area (Å²) in [5.41, 5.74) is -0.0108. The van der Waals surface area contributed by atoms with Crippen molar-refractivity contribution in [2.24, 2.45) is 5.92 Å². The summed E-state index contributed by atoms with van der Waals surface area (Å²) in [6.45, 7) is 0. The van der Waals surface area contributed by atoms with Crippen LogP contribution in [0, 0.1) is 16.0 Å². The van der Waals surface area contributed by atoms with Crippen LogP contribution in [0.15, 0.2) is 24.3 Å². The van der Waals surface area contributed by atoms with Crippen molar-refractivity contribution in [2.45, 2.75) is 18.9 Å². The van der Waals surface area contributed by atoms with Gasteiger partial charge >= 0.3 is 5.97 Å². The first-order valence-corrected chi connectivity index (χ1v) is 5.60. The lowest BCUT2D eigenvalue weighted by atomic mass is 10.2. The Labute approximate surface area is 104 Å². The Morgan fingerprint density at radius 3 is 2.44 bits per heavy atom. The van der Waals surface area contributed by atoms with Gasteiger partial charge in [0.25, 0.3) is 5.69 Å². The van der Waals surface area contributed by atoms with Crippen LogP contribution in [-0.2, 0) is 9.53 Å². The molecule has 18 heavy (non-hydrogen) atoms. The van der Waals surface area contributed by atoms with E-state index in [1.807, 2.05) is 0 Å². The van der Waals surface area contributed by atoms with Crippen molar-refractivity contribution < 1.29 is 19.2 Å². The van der Waals surface area contributed by atoms with Crippen molar-refractivity contribution in [3.63, 3.8) is 0 Å². The SMILES string of the molecule is COC(=O)C(Oc1ccc([N+](=O)[O-])cc1)C1CC1. The minimum absolute atomic E-state index is 0.0108. The summed E-state index contributed by atoms with van der Waals surface area (Å²) in [6, 6.07) is 5.65. The van der Waals surface area contributed by atoms with Crippen molar-refractivity contribution >= 4 is 11.7 Å². The van der Waals surface area contributed by atoms with Crippen LogP contribution in [0.1, 0.15) is 12.8 Å². The number of non-ortho nitro benzene ring substituents is 1. The monoisotopic (exact) mass is 251 g/mol. The molecule has 1 saturated carbocycles. The summed E-state index contributed by atoms with van der Waals surface area (Å²) in [6.07, 6.45) is 1.26. The highest BCUT2D eigenvalue weighted by Crippen LogP contribution is 2.35. The van der Waals surface area contributed by atoms with Crippen molar-refractivity contribution in [1.82, 2.24) is 0 Å². The third-order valence-corrected chi connectivity index (χ3v) is 2.79. The van der Waals surface area contributed by atoms with Gasteiger partial charge in [0, 0.05) is 18.1 Å². The van der Waals surface area contributed by atoms with Crippen molar-refractivity contribution in [3.05, 3.63) is 34.4 Å². The number of nitro groups is 1. The summed E-state index contributed by atoms with van der Waals surface area (Å²) < 4.78 is 10.2. The summed E-state index contributed by atoms with van der Waals surface area (Å²) in [5, 5.41) is 10.5. The van der Waals surface area contributed by atoms with Gasteiger partial charge in [0.15, 0.2) is 6.10 Å². The van der Waals surface area contributed by atoms with E-state index in [1.165, 1.54) is 31.4 Å². The Hall–Kier alpha value is -2.11. The van der Waals surface area contributed by atoms with E-state index >= 15 is 0 Å². The fourth-order valence-corrected chi connectivity index (χ4v) is 1.64. The minimum Gasteiger partial charge on any atom is -0.478 e. The summed E-state index contributed by atoms with van der Waals surface area (Å²) in [5.74, 6) is 0.214. The zero-order chi connectivity index (χ0) is 13.1. The van der Waals surface area contributed by atoms with Gasteiger partial charge in [-0.05, 0) is 25.0 Å². The van der Waals surface area contributed by atoms with Gasteiger partial charge in [-0.2, -0.15) is 0 Å². The zero-order valence-corrected chi connectivity index (χ0v) is 9.87. The molecule has 0 aliphatic heterocycles. The van der Waals surface area contributed by atoms with E-state index in [4.69, 9.17) is 4.74 Å². The molecule has 1 aromatic rings. The predicted octanol–water partition coefficient (Wildman–Crippen LogP) is 1.93. The molecule has 0 aromatic heterocycles. The largest absolute Gasteiger partial charge is 0.478 e. The van der Waals surface area contributed by atoms with Gasteiger partial charge in [0.2, 0.25) is 0 Å². The molecule has 1 fully saturated rings. The average Bonchev–Trinajstić information content (AvgIpc) is 3.20. The molecule has 6 heteroatoms. The third kappa shape index (κ3) is 2.77. The highest BCUT2D eigenvalue weighted by molar-refractivity contribution is 5.75. The molecule has 0 spiro atoms. The molecule has 0 amide bonds. The van der Waals surface area contributed by atoms with Gasteiger partial charge in [0.05, 0.1) is 12.0 Å². The fourth-order valence-electron chi connectivity index (χ4n) is 1.64. The Kier molecular flexibility index (Phi) is 3.45. The molecule has 96 valence electrons. The molecule has 1 unspecified atom stereocenters. The molecule has 0 heterocycles. The minimum atomic E-state index is -0.614. The standard InChI is InChI=1S/C12H13NO5/c1-17-12(14)11(8-2-3-8)18-10-6-4-9(5-7-10)13(15)16/h4-8,11H,2-3H2,1H3. The van der Waals surface area contributed by atoms with Crippen LogP contribution in [0.3, 0.4) is 0 Å². The van der Waals surface area contributed by atoms with Crippen LogP contribution in [0.25, 0.3) is 0 Å². The number of methoxy groups -OCH3 is 1. The van der Waals surface area contributed by atoms with E-state index < -0.39 is 17.0 Å². The first kappa shape index (κ1) is 12.3.